The van der Waals surface area contributed by atoms with Crippen molar-refractivity contribution in [2.24, 2.45) is 5.73 Å². The molecule has 1 amide bonds. The molecule has 0 saturated carbocycles. The molecule has 0 atom stereocenters. The van der Waals surface area contributed by atoms with Crippen molar-refractivity contribution >= 4 is 23.4 Å². The van der Waals surface area contributed by atoms with E-state index in [1.165, 1.54) is 4.90 Å². The van der Waals surface area contributed by atoms with E-state index in [4.69, 9.17) is 5.73 Å². The molecule has 0 spiro atoms. The molecule has 2 rings (SSSR count). The number of anilines is 1. The molecule has 0 fully saturated rings. The Balaban J connectivity index is 2.33. The van der Waals surface area contributed by atoms with Gasteiger partial charge in [0.25, 0.3) is 0 Å². The number of thioether (sulfide) groups is 1. The zero-order chi connectivity index (χ0) is 13.2. The van der Waals surface area contributed by atoms with Gasteiger partial charge < -0.3 is 10.6 Å². The van der Waals surface area contributed by atoms with E-state index < -0.39 is 5.54 Å². The lowest BCUT2D eigenvalue weighted by Gasteiger charge is -2.36. The van der Waals surface area contributed by atoms with Crippen molar-refractivity contribution in [2.45, 2.75) is 37.1 Å². The number of benzene rings is 1. The zero-order valence-electron chi connectivity index (χ0n) is 11.0. The van der Waals surface area contributed by atoms with Crippen LogP contribution in [0.1, 0.15) is 26.7 Å². The number of rotatable bonds is 3. The molecular formula is C14H20N2OS. The van der Waals surface area contributed by atoms with E-state index in [1.807, 2.05) is 36.9 Å². The normalized spacial score (nSPS) is 15.4. The Hall–Kier alpha value is -1.00. The SMILES string of the molecule is CCC(N)(CC)C(=O)N1CCSc2ccccc21. The summed E-state index contributed by atoms with van der Waals surface area (Å²) in [7, 11) is 0. The van der Waals surface area contributed by atoms with Gasteiger partial charge in [0.1, 0.15) is 0 Å². The topological polar surface area (TPSA) is 46.3 Å². The summed E-state index contributed by atoms with van der Waals surface area (Å²) < 4.78 is 0. The summed E-state index contributed by atoms with van der Waals surface area (Å²) in [4.78, 5) is 15.7. The van der Waals surface area contributed by atoms with E-state index in [-0.39, 0.29) is 5.91 Å². The van der Waals surface area contributed by atoms with E-state index >= 15 is 0 Å². The Kier molecular flexibility index (Phi) is 3.97. The highest BCUT2D eigenvalue weighted by molar-refractivity contribution is 7.99. The number of carbonyl (C=O) groups excluding carboxylic acids is 1. The van der Waals surface area contributed by atoms with Crippen LogP contribution < -0.4 is 10.6 Å². The van der Waals surface area contributed by atoms with Crippen LogP contribution in [0.15, 0.2) is 29.2 Å². The molecule has 98 valence electrons. The van der Waals surface area contributed by atoms with E-state index in [1.54, 1.807) is 11.8 Å². The molecule has 1 aliphatic rings. The van der Waals surface area contributed by atoms with Crippen LogP contribution in [0.3, 0.4) is 0 Å². The van der Waals surface area contributed by atoms with Crippen LogP contribution in [0.2, 0.25) is 0 Å². The molecule has 4 heteroatoms. The third-order valence-corrected chi connectivity index (χ3v) is 4.70. The molecule has 1 aromatic carbocycles. The van der Waals surface area contributed by atoms with E-state index in [0.717, 1.165) is 18.0 Å². The van der Waals surface area contributed by atoms with Crippen molar-refractivity contribution in [3.8, 4) is 0 Å². The van der Waals surface area contributed by atoms with E-state index in [9.17, 15) is 4.79 Å². The predicted octanol–water partition coefficient (Wildman–Crippen LogP) is 2.64. The fourth-order valence-electron chi connectivity index (χ4n) is 2.20. The Morgan fingerprint density at radius 3 is 2.72 bits per heavy atom. The van der Waals surface area contributed by atoms with Crippen LogP contribution in [0.25, 0.3) is 0 Å². The number of nitrogens with two attached hydrogens (primary N) is 1. The molecule has 0 unspecified atom stereocenters. The number of nitrogens with zero attached hydrogens (tertiary/aromatic N) is 1. The molecule has 0 saturated heterocycles. The number of para-hydroxylation sites is 1. The number of hydrogen-bond acceptors (Lipinski definition) is 3. The van der Waals surface area contributed by atoms with Gasteiger partial charge in [-0.1, -0.05) is 26.0 Å². The third-order valence-electron chi connectivity index (χ3n) is 3.66. The minimum atomic E-state index is -0.727. The fourth-order valence-corrected chi connectivity index (χ4v) is 3.20. The van der Waals surface area contributed by atoms with Gasteiger partial charge in [-0.3, -0.25) is 4.79 Å². The largest absolute Gasteiger partial charge is 0.317 e. The smallest absolute Gasteiger partial charge is 0.247 e. The number of amides is 1. The second kappa shape index (κ2) is 5.33. The highest BCUT2D eigenvalue weighted by atomic mass is 32.2. The van der Waals surface area contributed by atoms with Crippen LogP contribution >= 0.6 is 11.8 Å². The summed E-state index contributed by atoms with van der Waals surface area (Å²) in [5.74, 6) is 0.993. The molecule has 0 aliphatic carbocycles. The molecule has 0 radical (unpaired) electrons. The van der Waals surface area contributed by atoms with Crippen LogP contribution in [0.4, 0.5) is 5.69 Å². The van der Waals surface area contributed by atoms with Crippen molar-refractivity contribution in [3.05, 3.63) is 24.3 Å². The first-order chi connectivity index (χ1) is 8.62. The predicted molar refractivity (Wildman–Crippen MR) is 77.0 cm³/mol. The zero-order valence-corrected chi connectivity index (χ0v) is 11.8. The van der Waals surface area contributed by atoms with Gasteiger partial charge in [0, 0.05) is 17.2 Å². The Bertz CT molecular complexity index is 443. The maximum Gasteiger partial charge on any atom is 0.247 e. The summed E-state index contributed by atoms with van der Waals surface area (Å²) in [6, 6.07) is 8.05. The minimum Gasteiger partial charge on any atom is -0.317 e. The average molecular weight is 264 g/mol. The minimum absolute atomic E-state index is 0.0558. The van der Waals surface area contributed by atoms with Gasteiger partial charge in [0.15, 0.2) is 0 Å². The van der Waals surface area contributed by atoms with Crippen LogP contribution in [0, 0.1) is 0 Å². The lowest BCUT2D eigenvalue weighted by Crippen LogP contribution is -2.56. The van der Waals surface area contributed by atoms with Crippen molar-refractivity contribution in [3.63, 3.8) is 0 Å². The first-order valence-corrected chi connectivity index (χ1v) is 7.43. The summed E-state index contributed by atoms with van der Waals surface area (Å²) >= 11 is 1.80. The summed E-state index contributed by atoms with van der Waals surface area (Å²) in [5.41, 5.74) is 6.51. The van der Waals surface area contributed by atoms with Gasteiger partial charge in [-0.25, -0.2) is 0 Å². The summed E-state index contributed by atoms with van der Waals surface area (Å²) in [5, 5.41) is 0. The van der Waals surface area contributed by atoms with Gasteiger partial charge in [-0.15, -0.1) is 11.8 Å². The first-order valence-electron chi connectivity index (χ1n) is 6.45. The van der Waals surface area contributed by atoms with E-state index in [0.29, 0.717) is 12.8 Å². The van der Waals surface area contributed by atoms with Gasteiger partial charge in [-0.05, 0) is 25.0 Å². The fraction of sp³-hybridized carbons (Fsp3) is 0.500. The van der Waals surface area contributed by atoms with Crippen LogP contribution in [-0.4, -0.2) is 23.7 Å². The average Bonchev–Trinajstić information content (AvgIpc) is 2.45. The quantitative estimate of drug-likeness (QED) is 0.913. The van der Waals surface area contributed by atoms with Crippen molar-refractivity contribution < 1.29 is 4.79 Å². The standard InChI is InChI=1S/C14H20N2OS/c1-3-14(15,4-2)13(17)16-9-10-18-12-8-6-5-7-11(12)16/h5-8H,3-4,9-10,15H2,1-2H3. The molecule has 0 bridgehead atoms. The maximum absolute atomic E-state index is 12.6. The second-order valence-electron chi connectivity index (χ2n) is 4.64. The number of carbonyl (C=O) groups is 1. The third kappa shape index (κ3) is 2.27. The van der Waals surface area contributed by atoms with Crippen molar-refractivity contribution in [2.75, 3.05) is 17.2 Å². The first kappa shape index (κ1) is 13.4. The lowest BCUT2D eigenvalue weighted by molar-refractivity contribution is -0.124. The highest BCUT2D eigenvalue weighted by Gasteiger charge is 2.36. The molecular weight excluding hydrogens is 244 g/mol. The summed E-state index contributed by atoms with van der Waals surface area (Å²) in [6.45, 7) is 4.71. The van der Waals surface area contributed by atoms with Crippen molar-refractivity contribution in [1.82, 2.24) is 0 Å². The monoisotopic (exact) mass is 264 g/mol. The Labute approximate surface area is 113 Å². The Morgan fingerprint density at radius 1 is 1.39 bits per heavy atom. The van der Waals surface area contributed by atoms with Gasteiger partial charge in [0.2, 0.25) is 5.91 Å². The van der Waals surface area contributed by atoms with Crippen LogP contribution in [0.5, 0.6) is 0 Å². The van der Waals surface area contributed by atoms with Gasteiger partial charge >= 0.3 is 0 Å². The molecule has 1 aromatic rings. The molecule has 3 nitrogen and oxygen atoms in total. The van der Waals surface area contributed by atoms with E-state index in [2.05, 4.69) is 6.07 Å². The van der Waals surface area contributed by atoms with Gasteiger partial charge in [-0.2, -0.15) is 0 Å². The van der Waals surface area contributed by atoms with Crippen molar-refractivity contribution in [1.29, 1.82) is 0 Å². The Morgan fingerprint density at radius 2 is 2.06 bits per heavy atom. The number of fused-ring (bicyclic) bond motifs is 1. The summed E-state index contributed by atoms with van der Waals surface area (Å²) in [6.07, 6.45) is 1.35. The highest BCUT2D eigenvalue weighted by Crippen LogP contribution is 2.35. The molecule has 18 heavy (non-hydrogen) atoms. The second-order valence-corrected chi connectivity index (χ2v) is 5.77. The van der Waals surface area contributed by atoms with Gasteiger partial charge in [0.05, 0.1) is 11.2 Å². The lowest BCUT2D eigenvalue weighted by atomic mass is 9.92. The molecule has 2 N–H and O–H groups in total. The number of hydrogen-bond donors (Lipinski definition) is 1. The maximum atomic E-state index is 12.6. The molecule has 0 aromatic heterocycles. The van der Waals surface area contributed by atoms with Crippen LogP contribution in [-0.2, 0) is 4.79 Å². The molecule has 1 aliphatic heterocycles. The molecule has 1 heterocycles.